The Kier molecular flexibility index (Phi) is 5.64. The number of para-hydroxylation sites is 1. The number of carbonyl (C=O) groups is 2. The van der Waals surface area contributed by atoms with Gasteiger partial charge in [-0.15, -0.1) is 0 Å². The molecule has 1 N–H and O–H groups in total. The minimum atomic E-state index is -0.800. The number of benzene rings is 1. The van der Waals surface area contributed by atoms with Crippen LogP contribution in [0, 0.1) is 5.82 Å². The van der Waals surface area contributed by atoms with Crippen LogP contribution in [-0.2, 0) is 19.1 Å². The SMILES string of the molecule is CCOC(=O)C(=CNc1nc2c(F)cccc2s1)C(=O)OCC. The van der Waals surface area contributed by atoms with Gasteiger partial charge in [0.1, 0.15) is 11.3 Å². The van der Waals surface area contributed by atoms with Gasteiger partial charge >= 0.3 is 11.9 Å². The minimum Gasteiger partial charge on any atom is -0.462 e. The summed E-state index contributed by atoms with van der Waals surface area (Å²) in [5, 5.41) is 3.06. The number of ether oxygens (including phenoxy) is 2. The number of nitrogens with one attached hydrogen (secondary N) is 1. The quantitative estimate of drug-likeness (QED) is 0.378. The third-order valence-corrected chi connectivity index (χ3v) is 3.65. The van der Waals surface area contributed by atoms with Crippen LogP contribution in [0.5, 0.6) is 0 Å². The fourth-order valence-corrected chi connectivity index (χ4v) is 2.58. The van der Waals surface area contributed by atoms with E-state index in [9.17, 15) is 14.0 Å². The van der Waals surface area contributed by atoms with E-state index in [4.69, 9.17) is 9.47 Å². The first-order valence-electron chi connectivity index (χ1n) is 6.92. The van der Waals surface area contributed by atoms with Crippen LogP contribution in [0.2, 0.25) is 0 Å². The van der Waals surface area contributed by atoms with Crippen molar-refractivity contribution in [2.24, 2.45) is 0 Å². The van der Waals surface area contributed by atoms with Crippen LogP contribution in [0.25, 0.3) is 10.2 Å². The summed E-state index contributed by atoms with van der Waals surface area (Å²) < 4.78 is 23.9. The van der Waals surface area contributed by atoms with Gasteiger partial charge in [-0.1, -0.05) is 17.4 Å². The van der Waals surface area contributed by atoms with Gasteiger partial charge in [-0.25, -0.2) is 19.0 Å². The molecule has 2 aromatic rings. The first-order chi connectivity index (χ1) is 11.1. The number of hydrogen-bond acceptors (Lipinski definition) is 7. The molecule has 1 heterocycles. The van der Waals surface area contributed by atoms with Crippen molar-refractivity contribution in [3.05, 3.63) is 35.8 Å². The van der Waals surface area contributed by atoms with E-state index in [1.165, 1.54) is 17.4 Å². The van der Waals surface area contributed by atoms with Crippen molar-refractivity contribution in [1.82, 2.24) is 4.98 Å². The molecule has 6 nitrogen and oxygen atoms in total. The number of nitrogens with zero attached hydrogens (tertiary/aromatic N) is 1. The largest absolute Gasteiger partial charge is 0.462 e. The Morgan fingerprint density at radius 3 is 2.48 bits per heavy atom. The van der Waals surface area contributed by atoms with Crippen LogP contribution in [0.4, 0.5) is 9.52 Å². The molecule has 0 fully saturated rings. The van der Waals surface area contributed by atoms with Gasteiger partial charge in [0, 0.05) is 6.20 Å². The molecular weight excluding hydrogens is 323 g/mol. The molecule has 0 spiro atoms. The van der Waals surface area contributed by atoms with Crippen LogP contribution in [-0.4, -0.2) is 30.1 Å². The van der Waals surface area contributed by atoms with E-state index in [-0.39, 0.29) is 24.3 Å². The summed E-state index contributed by atoms with van der Waals surface area (Å²) in [5.41, 5.74) is -0.0596. The number of hydrogen-bond donors (Lipinski definition) is 1. The van der Waals surface area contributed by atoms with E-state index in [2.05, 4.69) is 10.3 Å². The second-order valence-corrected chi connectivity index (χ2v) is 5.28. The highest BCUT2D eigenvalue weighted by Crippen LogP contribution is 2.27. The molecule has 0 saturated carbocycles. The van der Waals surface area contributed by atoms with Crippen molar-refractivity contribution in [2.75, 3.05) is 18.5 Å². The molecule has 0 saturated heterocycles. The molecule has 122 valence electrons. The minimum absolute atomic E-state index is 0.127. The lowest BCUT2D eigenvalue weighted by Crippen LogP contribution is -2.19. The number of thiazole rings is 1. The molecule has 0 aliphatic heterocycles. The van der Waals surface area contributed by atoms with Gasteiger partial charge in [0.2, 0.25) is 0 Å². The summed E-state index contributed by atoms with van der Waals surface area (Å²) in [6.07, 6.45) is 1.16. The average molecular weight is 338 g/mol. The number of esters is 2. The second-order valence-electron chi connectivity index (χ2n) is 4.25. The molecule has 0 unspecified atom stereocenters. The number of carbonyl (C=O) groups excluding carboxylic acids is 2. The summed E-state index contributed by atoms with van der Waals surface area (Å²) in [6, 6.07) is 4.62. The third-order valence-electron chi connectivity index (χ3n) is 2.70. The van der Waals surface area contributed by atoms with Crippen molar-refractivity contribution >= 4 is 38.6 Å². The van der Waals surface area contributed by atoms with Gasteiger partial charge in [0.25, 0.3) is 0 Å². The Hall–Kier alpha value is -2.48. The van der Waals surface area contributed by atoms with Crippen LogP contribution >= 0.6 is 11.3 Å². The lowest BCUT2D eigenvalue weighted by Gasteiger charge is -2.06. The Bertz CT molecular complexity index is 737. The molecule has 1 aromatic carbocycles. The molecule has 2 rings (SSSR count). The van der Waals surface area contributed by atoms with Crippen molar-refractivity contribution in [1.29, 1.82) is 0 Å². The Morgan fingerprint density at radius 1 is 1.26 bits per heavy atom. The van der Waals surface area contributed by atoms with Crippen LogP contribution < -0.4 is 5.32 Å². The molecule has 0 aliphatic carbocycles. The molecule has 0 amide bonds. The zero-order valence-corrected chi connectivity index (χ0v) is 13.4. The first kappa shape index (κ1) is 16.9. The summed E-state index contributed by atoms with van der Waals surface area (Å²) in [6.45, 7) is 3.51. The van der Waals surface area contributed by atoms with E-state index < -0.39 is 17.8 Å². The van der Waals surface area contributed by atoms with Crippen LogP contribution in [0.3, 0.4) is 0 Å². The lowest BCUT2D eigenvalue weighted by atomic mass is 10.3. The van der Waals surface area contributed by atoms with Gasteiger partial charge < -0.3 is 14.8 Å². The molecule has 8 heteroatoms. The van der Waals surface area contributed by atoms with Crippen LogP contribution in [0.1, 0.15) is 13.8 Å². The molecule has 23 heavy (non-hydrogen) atoms. The van der Waals surface area contributed by atoms with Gasteiger partial charge in [-0.05, 0) is 26.0 Å². The standard InChI is InChI=1S/C15H15FN2O4S/c1-3-21-13(19)9(14(20)22-4-2)8-17-15-18-12-10(16)6-5-7-11(12)23-15/h5-8H,3-4H2,1-2H3,(H,17,18). The molecule has 0 radical (unpaired) electrons. The van der Waals surface area contributed by atoms with Gasteiger partial charge in [0.15, 0.2) is 10.7 Å². The maximum atomic E-state index is 13.6. The third kappa shape index (κ3) is 4.04. The maximum Gasteiger partial charge on any atom is 0.347 e. The number of halogens is 1. The normalized spacial score (nSPS) is 10.2. The molecular formula is C15H15FN2O4S. The molecule has 0 atom stereocenters. The number of fused-ring (bicyclic) bond motifs is 1. The number of anilines is 1. The maximum absolute atomic E-state index is 13.6. The average Bonchev–Trinajstić information content (AvgIpc) is 2.92. The van der Waals surface area contributed by atoms with Crippen molar-refractivity contribution < 1.29 is 23.5 Å². The highest BCUT2D eigenvalue weighted by Gasteiger charge is 2.21. The van der Waals surface area contributed by atoms with Crippen molar-refractivity contribution in [3.63, 3.8) is 0 Å². The fraction of sp³-hybridized carbons (Fsp3) is 0.267. The highest BCUT2D eigenvalue weighted by atomic mass is 32.1. The van der Waals surface area contributed by atoms with Gasteiger partial charge in [-0.3, -0.25) is 0 Å². The Balaban J connectivity index is 2.25. The Labute approximate surface area is 135 Å². The first-order valence-corrected chi connectivity index (χ1v) is 7.74. The van der Waals surface area contributed by atoms with Gasteiger partial charge in [0.05, 0.1) is 17.9 Å². The van der Waals surface area contributed by atoms with Gasteiger partial charge in [-0.2, -0.15) is 0 Å². The number of rotatable bonds is 6. The second kappa shape index (κ2) is 7.68. The summed E-state index contributed by atoms with van der Waals surface area (Å²) in [7, 11) is 0. The molecule has 1 aromatic heterocycles. The zero-order valence-electron chi connectivity index (χ0n) is 12.6. The topological polar surface area (TPSA) is 77.5 Å². The number of aromatic nitrogens is 1. The summed E-state index contributed by atoms with van der Waals surface area (Å²) in [5.74, 6) is -2.04. The summed E-state index contributed by atoms with van der Waals surface area (Å²) in [4.78, 5) is 27.7. The monoisotopic (exact) mass is 338 g/mol. The van der Waals surface area contributed by atoms with E-state index in [1.807, 2.05) is 0 Å². The molecule has 0 bridgehead atoms. The van der Waals surface area contributed by atoms with E-state index in [1.54, 1.807) is 26.0 Å². The zero-order chi connectivity index (χ0) is 16.8. The van der Waals surface area contributed by atoms with Crippen molar-refractivity contribution in [2.45, 2.75) is 13.8 Å². The lowest BCUT2D eigenvalue weighted by molar-refractivity contribution is -0.146. The predicted molar refractivity (Wildman–Crippen MR) is 84.5 cm³/mol. The van der Waals surface area contributed by atoms with E-state index >= 15 is 0 Å². The highest BCUT2D eigenvalue weighted by molar-refractivity contribution is 7.22. The van der Waals surface area contributed by atoms with Crippen molar-refractivity contribution in [3.8, 4) is 0 Å². The Morgan fingerprint density at radius 2 is 1.91 bits per heavy atom. The summed E-state index contributed by atoms with van der Waals surface area (Å²) >= 11 is 1.19. The predicted octanol–water partition coefficient (Wildman–Crippen LogP) is 2.86. The van der Waals surface area contributed by atoms with E-state index in [0.717, 1.165) is 6.20 Å². The smallest absolute Gasteiger partial charge is 0.347 e. The molecule has 0 aliphatic rings. The fourth-order valence-electron chi connectivity index (χ4n) is 1.73. The van der Waals surface area contributed by atoms with E-state index in [0.29, 0.717) is 9.83 Å². The van der Waals surface area contributed by atoms with Crippen LogP contribution in [0.15, 0.2) is 30.0 Å².